The number of carbonyl (C=O) groups excluding carboxylic acids is 2. The van der Waals surface area contributed by atoms with E-state index >= 15 is 0 Å². The van der Waals surface area contributed by atoms with E-state index in [4.69, 9.17) is 4.74 Å². The molecule has 0 N–H and O–H groups in total. The van der Waals surface area contributed by atoms with Crippen molar-refractivity contribution in [2.24, 2.45) is 0 Å². The molecule has 0 saturated heterocycles. The molecule has 0 atom stereocenters. The maximum Gasteiger partial charge on any atom is 0.339 e. The predicted molar refractivity (Wildman–Crippen MR) is 106 cm³/mol. The van der Waals surface area contributed by atoms with Crippen LogP contribution in [-0.2, 0) is 22.6 Å². The number of aryl methyl sites for hydroxylation is 1. The number of ether oxygens (including phenoxy) is 1. The molecule has 6 nitrogen and oxygen atoms in total. The van der Waals surface area contributed by atoms with Crippen molar-refractivity contribution in [2.75, 3.05) is 13.7 Å². The van der Waals surface area contributed by atoms with Crippen LogP contribution in [0.2, 0.25) is 0 Å². The molecule has 0 spiro atoms. The second kappa shape index (κ2) is 7.92. The van der Waals surface area contributed by atoms with Gasteiger partial charge in [-0.1, -0.05) is 12.1 Å². The van der Waals surface area contributed by atoms with E-state index in [0.717, 1.165) is 26.6 Å². The average Bonchev–Trinajstić information content (AvgIpc) is 3.16. The third-order valence-corrected chi connectivity index (χ3v) is 5.52. The first-order valence-corrected chi connectivity index (χ1v) is 9.64. The fourth-order valence-corrected chi connectivity index (χ4v) is 4.02. The van der Waals surface area contributed by atoms with Crippen LogP contribution in [0.4, 0.5) is 0 Å². The molecule has 142 valence electrons. The van der Waals surface area contributed by atoms with Gasteiger partial charge in [0.1, 0.15) is 11.6 Å². The summed E-state index contributed by atoms with van der Waals surface area (Å²) >= 11 is 1.60. The molecule has 0 radical (unpaired) electrons. The van der Waals surface area contributed by atoms with Crippen LogP contribution in [0.1, 0.15) is 33.7 Å². The van der Waals surface area contributed by atoms with Crippen LogP contribution in [0.15, 0.2) is 30.3 Å². The summed E-state index contributed by atoms with van der Waals surface area (Å²) in [6, 6.07) is 9.72. The Hall–Kier alpha value is -2.67. The molecule has 3 aromatic rings. The van der Waals surface area contributed by atoms with Crippen molar-refractivity contribution in [1.29, 1.82) is 0 Å². The third kappa shape index (κ3) is 4.03. The molecule has 2 heterocycles. The number of rotatable bonds is 6. The van der Waals surface area contributed by atoms with Crippen LogP contribution in [0, 0.1) is 13.8 Å². The molecular formula is C20H23N3O3S. The molecule has 7 heteroatoms. The average molecular weight is 385 g/mol. The second-order valence-corrected chi connectivity index (χ2v) is 7.53. The van der Waals surface area contributed by atoms with Crippen molar-refractivity contribution in [3.8, 4) is 0 Å². The second-order valence-electron chi connectivity index (χ2n) is 6.42. The van der Waals surface area contributed by atoms with Crippen LogP contribution < -0.4 is 0 Å². The van der Waals surface area contributed by atoms with Gasteiger partial charge in [-0.3, -0.25) is 4.79 Å². The van der Waals surface area contributed by atoms with E-state index in [2.05, 4.69) is 4.98 Å². The number of esters is 1. The van der Waals surface area contributed by atoms with Crippen LogP contribution in [0.25, 0.3) is 10.2 Å². The van der Waals surface area contributed by atoms with Gasteiger partial charge >= 0.3 is 5.97 Å². The van der Waals surface area contributed by atoms with E-state index in [-0.39, 0.29) is 18.4 Å². The van der Waals surface area contributed by atoms with E-state index < -0.39 is 0 Å². The lowest BCUT2D eigenvalue weighted by molar-refractivity contribution is -0.131. The number of thiazole rings is 1. The quantitative estimate of drug-likeness (QED) is 0.609. The number of likely N-dealkylation sites (N-methyl/N-ethyl adjacent to an activating group) is 1. The number of aromatic nitrogens is 2. The van der Waals surface area contributed by atoms with Crippen LogP contribution >= 0.6 is 11.3 Å². The van der Waals surface area contributed by atoms with Gasteiger partial charge in [0.05, 0.1) is 28.9 Å². The number of fused-ring (bicyclic) bond motifs is 1. The molecule has 27 heavy (non-hydrogen) atoms. The molecule has 3 rings (SSSR count). The van der Waals surface area contributed by atoms with Gasteiger partial charge < -0.3 is 14.2 Å². The smallest absolute Gasteiger partial charge is 0.339 e. The number of carbonyl (C=O) groups is 2. The summed E-state index contributed by atoms with van der Waals surface area (Å²) in [4.78, 5) is 31.0. The topological polar surface area (TPSA) is 64.4 Å². The van der Waals surface area contributed by atoms with Gasteiger partial charge in [0.15, 0.2) is 0 Å². The number of nitrogens with zero attached hydrogens (tertiary/aromatic N) is 3. The predicted octanol–water partition coefficient (Wildman–Crippen LogP) is 3.55. The van der Waals surface area contributed by atoms with Gasteiger partial charge in [0.2, 0.25) is 5.91 Å². The van der Waals surface area contributed by atoms with Gasteiger partial charge in [-0.05, 0) is 39.0 Å². The molecule has 0 aliphatic heterocycles. The fraction of sp³-hybridized carbons (Fsp3) is 0.350. The summed E-state index contributed by atoms with van der Waals surface area (Å²) < 4.78 is 8.05. The van der Waals surface area contributed by atoms with Gasteiger partial charge in [-0.15, -0.1) is 11.3 Å². The van der Waals surface area contributed by atoms with E-state index in [0.29, 0.717) is 18.7 Å². The Labute approximate surface area is 162 Å². The molecule has 0 fully saturated rings. The molecule has 0 aliphatic rings. The minimum absolute atomic E-state index is 0.0357. The summed E-state index contributed by atoms with van der Waals surface area (Å²) in [6.07, 6.45) is 0. The molecule has 2 aromatic heterocycles. The Balaban J connectivity index is 1.72. The number of hydrogen-bond acceptors (Lipinski definition) is 5. The normalized spacial score (nSPS) is 11.0. The summed E-state index contributed by atoms with van der Waals surface area (Å²) in [7, 11) is 1.77. The van der Waals surface area contributed by atoms with Gasteiger partial charge in [0, 0.05) is 18.4 Å². The Morgan fingerprint density at radius 3 is 2.70 bits per heavy atom. The monoisotopic (exact) mass is 385 g/mol. The first-order valence-electron chi connectivity index (χ1n) is 8.83. The number of benzene rings is 1. The minimum Gasteiger partial charge on any atom is -0.462 e. The zero-order chi connectivity index (χ0) is 19.6. The zero-order valence-electron chi connectivity index (χ0n) is 16.0. The van der Waals surface area contributed by atoms with Crippen molar-refractivity contribution >= 4 is 33.4 Å². The van der Waals surface area contributed by atoms with Crippen LogP contribution in [-0.4, -0.2) is 40.0 Å². The van der Waals surface area contributed by atoms with Crippen LogP contribution in [0.5, 0.6) is 0 Å². The first kappa shape index (κ1) is 19.1. The molecule has 1 aromatic carbocycles. The third-order valence-electron chi connectivity index (χ3n) is 4.50. The number of amides is 1. The van der Waals surface area contributed by atoms with Gasteiger partial charge in [0.25, 0.3) is 0 Å². The van der Waals surface area contributed by atoms with E-state index in [9.17, 15) is 9.59 Å². The summed E-state index contributed by atoms with van der Waals surface area (Å²) in [5.41, 5.74) is 3.07. The molecular weight excluding hydrogens is 362 g/mol. The van der Waals surface area contributed by atoms with Crippen molar-refractivity contribution in [2.45, 2.75) is 33.9 Å². The number of hydrogen-bond donors (Lipinski definition) is 0. The molecule has 0 aliphatic carbocycles. The molecule has 0 bridgehead atoms. The minimum atomic E-state index is -0.355. The highest BCUT2D eigenvalue weighted by Gasteiger charge is 2.20. The lowest BCUT2D eigenvalue weighted by Gasteiger charge is -2.18. The van der Waals surface area contributed by atoms with Crippen molar-refractivity contribution in [3.05, 3.63) is 52.3 Å². The standard InChI is InChI=1S/C20H23N3O3S/c1-5-26-20(25)15-10-13(2)23(14(15)3)12-19(24)22(4)11-18-21-16-8-6-7-9-17(16)27-18/h6-10H,5,11-12H2,1-4H3. The largest absolute Gasteiger partial charge is 0.462 e. The molecule has 1 amide bonds. The lowest BCUT2D eigenvalue weighted by Crippen LogP contribution is -2.30. The fourth-order valence-electron chi connectivity index (χ4n) is 2.99. The van der Waals surface area contributed by atoms with E-state index in [1.807, 2.05) is 42.7 Å². The Morgan fingerprint density at radius 1 is 1.26 bits per heavy atom. The molecule has 0 saturated carbocycles. The highest BCUT2D eigenvalue weighted by Crippen LogP contribution is 2.22. The van der Waals surface area contributed by atoms with E-state index in [1.54, 1.807) is 36.3 Å². The maximum atomic E-state index is 12.7. The van der Waals surface area contributed by atoms with Crippen molar-refractivity contribution in [1.82, 2.24) is 14.5 Å². The Bertz CT molecular complexity index is 957. The van der Waals surface area contributed by atoms with Crippen molar-refractivity contribution in [3.63, 3.8) is 0 Å². The Morgan fingerprint density at radius 2 is 2.00 bits per heavy atom. The van der Waals surface area contributed by atoms with Gasteiger partial charge in [-0.2, -0.15) is 0 Å². The summed E-state index contributed by atoms with van der Waals surface area (Å²) in [5, 5.41) is 0.903. The maximum absolute atomic E-state index is 12.7. The highest BCUT2D eigenvalue weighted by atomic mass is 32.1. The zero-order valence-corrected chi connectivity index (χ0v) is 16.8. The highest BCUT2D eigenvalue weighted by molar-refractivity contribution is 7.18. The first-order chi connectivity index (χ1) is 12.9. The summed E-state index contributed by atoms with van der Waals surface area (Å²) in [6.45, 7) is 6.46. The summed E-state index contributed by atoms with van der Waals surface area (Å²) in [5.74, 6) is -0.390. The lowest BCUT2D eigenvalue weighted by atomic mass is 10.2. The van der Waals surface area contributed by atoms with E-state index in [1.165, 1.54) is 0 Å². The SMILES string of the molecule is CCOC(=O)c1cc(C)n(CC(=O)N(C)Cc2nc3ccccc3s2)c1C. The Kier molecular flexibility index (Phi) is 5.60. The molecule has 0 unspecified atom stereocenters. The van der Waals surface area contributed by atoms with Gasteiger partial charge in [-0.25, -0.2) is 9.78 Å². The van der Waals surface area contributed by atoms with Crippen molar-refractivity contribution < 1.29 is 14.3 Å². The number of para-hydroxylation sites is 1. The van der Waals surface area contributed by atoms with Crippen LogP contribution in [0.3, 0.4) is 0 Å².